The summed E-state index contributed by atoms with van der Waals surface area (Å²) in [6.45, 7) is 7.17. The highest BCUT2D eigenvalue weighted by atomic mass is 16.4. The molecule has 6 nitrogen and oxygen atoms in total. The zero-order valence-electron chi connectivity index (χ0n) is 15.9. The number of aliphatic carboxylic acids is 1. The molecule has 0 radical (unpaired) electrons. The number of likely N-dealkylation sites (tertiary alicyclic amines) is 2. The number of carboxylic acid groups (broad SMARTS) is 1. The molecule has 0 saturated carbocycles. The van der Waals surface area contributed by atoms with Gasteiger partial charge in [-0.2, -0.15) is 0 Å². The monoisotopic (exact) mass is 368 g/mol. The summed E-state index contributed by atoms with van der Waals surface area (Å²) in [4.78, 5) is 24.1. The summed E-state index contributed by atoms with van der Waals surface area (Å²) in [6, 6.07) is 8.65. The van der Waals surface area contributed by atoms with Crippen molar-refractivity contribution in [2.75, 3.05) is 26.2 Å². The van der Waals surface area contributed by atoms with Crippen LogP contribution in [-0.4, -0.2) is 57.0 Å². The van der Waals surface area contributed by atoms with E-state index in [2.05, 4.69) is 51.0 Å². The van der Waals surface area contributed by atoms with Crippen LogP contribution in [0.5, 0.6) is 0 Å². The Kier molecular flexibility index (Phi) is 5.02. The lowest BCUT2D eigenvalue weighted by molar-refractivity contribution is -0.146. The first kappa shape index (κ1) is 18.2. The van der Waals surface area contributed by atoms with Crippen molar-refractivity contribution in [3.63, 3.8) is 0 Å². The Morgan fingerprint density at radius 2 is 2.11 bits per heavy atom. The lowest BCUT2D eigenvalue weighted by Crippen LogP contribution is -2.45. The van der Waals surface area contributed by atoms with Crippen LogP contribution in [0.4, 0.5) is 0 Å². The van der Waals surface area contributed by atoms with E-state index < -0.39 is 5.97 Å². The van der Waals surface area contributed by atoms with E-state index in [0.29, 0.717) is 13.1 Å². The topological polar surface area (TPSA) is 72.5 Å². The number of hydrogen-bond acceptors (Lipinski definition) is 4. The van der Waals surface area contributed by atoms with E-state index in [-0.39, 0.29) is 11.3 Å². The van der Waals surface area contributed by atoms with Gasteiger partial charge in [-0.3, -0.25) is 14.6 Å². The maximum absolute atomic E-state index is 12.0. The molecule has 3 heterocycles. The molecule has 0 amide bonds. The van der Waals surface area contributed by atoms with E-state index in [1.54, 1.807) is 6.20 Å². The van der Waals surface area contributed by atoms with Gasteiger partial charge in [0.25, 0.3) is 0 Å². The van der Waals surface area contributed by atoms with E-state index in [4.69, 9.17) is 0 Å². The standard InChI is InChI=1S/C21H28N4O2/c1-16-3-2-4-17(11-16)12-24-9-5-21(6-10-24)15-25(13-18(21)20(26)27)14-19-22-7-8-23-19/h2-4,7-8,11,18H,5-6,9-10,12-15H2,1H3,(H,22,23)(H,26,27). The van der Waals surface area contributed by atoms with Gasteiger partial charge < -0.3 is 10.1 Å². The highest BCUT2D eigenvalue weighted by Gasteiger charge is 2.51. The fourth-order valence-corrected chi connectivity index (χ4v) is 4.86. The van der Waals surface area contributed by atoms with Crippen LogP contribution in [0.2, 0.25) is 0 Å². The third-order valence-corrected chi connectivity index (χ3v) is 6.29. The molecule has 4 rings (SSSR count). The Labute approximate surface area is 160 Å². The Morgan fingerprint density at radius 3 is 2.78 bits per heavy atom. The number of aryl methyl sites for hydroxylation is 1. The van der Waals surface area contributed by atoms with Crippen molar-refractivity contribution in [3.8, 4) is 0 Å². The van der Waals surface area contributed by atoms with Gasteiger partial charge in [0, 0.05) is 37.4 Å². The van der Waals surface area contributed by atoms with Crippen LogP contribution >= 0.6 is 0 Å². The smallest absolute Gasteiger partial charge is 0.308 e. The number of benzene rings is 1. The van der Waals surface area contributed by atoms with Gasteiger partial charge in [-0.1, -0.05) is 29.8 Å². The number of nitrogens with one attached hydrogen (secondary N) is 1. The Bertz CT molecular complexity index is 781. The number of H-pyrrole nitrogens is 1. The molecule has 27 heavy (non-hydrogen) atoms. The molecule has 2 aromatic rings. The van der Waals surface area contributed by atoms with Gasteiger partial charge in [-0.25, -0.2) is 4.98 Å². The van der Waals surface area contributed by atoms with Gasteiger partial charge >= 0.3 is 5.97 Å². The zero-order valence-corrected chi connectivity index (χ0v) is 15.9. The lowest BCUT2D eigenvalue weighted by Gasteiger charge is -2.41. The predicted molar refractivity (Wildman–Crippen MR) is 103 cm³/mol. The van der Waals surface area contributed by atoms with E-state index >= 15 is 0 Å². The van der Waals surface area contributed by atoms with E-state index in [9.17, 15) is 9.90 Å². The summed E-state index contributed by atoms with van der Waals surface area (Å²) < 4.78 is 0. The largest absolute Gasteiger partial charge is 0.481 e. The molecule has 1 spiro atoms. The van der Waals surface area contributed by atoms with Gasteiger partial charge in [0.1, 0.15) is 5.82 Å². The minimum atomic E-state index is -0.649. The van der Waals surface area contributed by atoms with E-state index in [1.165, 1.54) is 11.1 Å². The number of aromatic amines is 1. The lowest BCUT2D eigenvalue weighted by atomic mass is 9.71. The van der Waals surface area contributed by atoms with Crippen molar-refractivity contribution < 1.29 is 9.90 Å². The second kappa shape index (κ2) is 7.44. The summed E-state index contributed by atoms with van der Waals surface area (Å²) >= 11 is 0. The molecule has 1 aromatic heterocycles. The first-order valence-electron chi connectivity index (χ1n) is 9.75. The second-order valence-electron chi connectivity index (χ2n) is 8.22. The third-order valence-electron chi connectivity index (χ3n) is 6.29. The maximum atomic E-state index is 12.0. The number of imidazole rings is 1. The molecular weight excluding hydrogens is 340 g/mol. The third kappa shape index (κ3) is 3.92. The van der Waals surface area contributed by atoms with Crippen molar-refractivity contribution in [2.24, 2.45) is 11.3 Å². The fraction of sp³-hybridized carbons (Fsp3) is 0.524. The summed E-state index contributed by atoms with van der Waals surface area (Å²) in [5.74, 6) is -0.0225. The normalized spacial score (nSPS) is 23.1. The highest BCUT2D eigenvalue weighted by molar-refractivity contribution is 5.72. The minimum Gasteiger partial charge on any atom is -0.481 e. The molecule has 0 bridgehead atoms. The molecule has 144 valence electrons. The van der Waals surface area contributed by atoms with Crippen LogP contribution in [-0.2, 0) is 17.9 Å². The molecule has 2 aliphatic rings. The molecule has 0 aliphatic carbocycles. The molecular formula is C21H28N4O2. The van der Waals surface area contributed by atoms with Gasteiger partial charge in [0.2, 0.25) is 0 Å². The van der Waals surface area contributed by atoms with E-state index in [0.717, 1.165) is 44.8 Å². The summed E-state index contributed by atoms with van der Waals surface area (Å²) in [5, 5.41) is 9.84. The Balaban J connectivity index is 1.41. The summed E-state index contributed by atoms with van der Waals surface area (Å²) in [6.07, 6.45) is 5.47. The van der Waals surface area contributed by atoms with Crippen molar-refractivity contribution in [1.29, 1.82) is 0 Å². The molecule has 2 N–H and O–H groups in total. The molecule has 6 heteroatoms. The predicted octanol–water partition coefficient (Wildman–Crippen LogP) is 2.52. The van der Waals surface area contributed by atoms with Crippen LogP contribution in [0.1, 0.15) is 29.8 Å². The summed E-state index contributed by atoms with van der Waals surface area (Å²) in [5.41, 5.74) is 2.52. The number of nitrogens with zero attached hydrogens (tertiary/aromatic N) is 3. The van der Waals surface area contributed by atoms with Gasteiger partial charge in [0.15, 0.2) is 0 Å². The van der Waals surface area contributed by atoms with Crippen molar-refractivity contribution in [2.45, 2.75) is 32.9 Å². The average molecular weight is 368 g/mol. The Hall–Kier alpha value is -2.18. The van der Waals surface area contributed by atoms with Crippen molar-refractivity contribution in [1.82, 2.24) is 19.8 Å². The van der Waals surface area contributed by atoms with Gasteiger partial charge in [-0.05, 0) is 38.4 Å². The number of rotatable bonds is 5. The number of hydrogen-bond donors (Lipinski definition) is 2. The van der Waals surface area contributed by atoms with Gasteiger partial charge in [-0.15, -0.1) is 0 Å². The van der Waals surface area contributed by atoms with Crippen molar-refractivity contribution in [3.05, 3.63) is 53.6 Å². The Morgan fingerprint density at radius 1 is 1.30 bits per heavy atom. The summed E-state index contributed by atoms with van der Waals surface area (Å²) in [7, 11) is 0. The molecule has 2 fully saturated rings. The minimum absolute atomic E-state index is 0.110. The quantitative estimate of drug-likeness (QED) is 0.848. The van der Waals surface area contributed by atoms with Gasteiger partial charge in [0.05, 0.1) is 12.5 Å². The maximum Gasteiger partial charge on any atom is 0.308 e. The first-order chi connectivity index (χ1) is 13.0. The van der Waals surface area contributed by atoms with Crippen LogP contribution in [0, 0.1) is 18.3 Å². The zero-order chi connectivity index (χ0) is 18.9. The van der Waals surface area contributed by atoms with Crippen LogP contribution in [0.3, 0.4) is 0 Å². The second-order valence-corrected chi connectivity index (χ2v) is 8.22. The average Bonchev–Trinajstić information content (AvgIpc) is 3.26. The van der Waals surface area contributed by atoms with Crippen molar-refractivity contribution >= 4 is 5.97 Å². The highest BCUT2D eigenvalue weighted by Crippen LogP contribution is 2.45. The fourth-order valence-electron chi connectivity index (χ4n) is 4.86. The van der Waals surface area contributed by atoms with Crippen LogP contribution in [0.15, 0.2) is 36.7 Å². The molecule has 2 aliphatic heterocycles. The molecule has 1 atom stereocenters. The molecule has 1 unspecified atom stereocenters. The number of piperidine rings is 1. The SMILES string of the molecule is Cc1cccc(CN2CCC3(CC2)CN(Cc2ncc[nH]2)CC3C(=O)O)c1. The first-order valence-corrected chi connectivity index (χ1v) is 9.75. The van der Waals surface area contributed by atoms with Crippen LogP contribution < -0.4 is 0 Å². The number of carbonyl (C=O) groups is 1. The molecule has 1 aromatic carbocycles. The number of carboxylic acids is 1. The number of aromatic nitrogens is 2. The van der Waals surface area contributed by atoms with Crippen LogP contribution in [0.25, 0.3) is 0 Å². The molecule has 2 saturated heterocycles. The van der Waals surface area contributed by atoms with E-state index in [1.807, 2.05) is 6.20 Å².